The summed E-state index contributed by atoms with van der Waals surface area (Å²) in [6.07, 6.45) is 0.174. The maximum atomic E-state index is 11.5. The topological polar surface area (TPSA) is 113 Å². The lowest BCUT2D eigenvalue weighted by Crippen LogP contribution is -2.38. The van der Waals surface area contributed by atoms with Gasteiger partial charge in [-0.25, -0.2) is 4.79 Å². The fourth-order valence-corrected chi connectivity index (χ4v) is 1.31. The molecule has 0 aromatic carbocycles. The van der Waals surface area contributed by atoms with Gasteiger partial charge in [0.2, 0.25) is 5.91 Å². The van der Waals surface area contributed by atoms with Gasteiger partial charge in [0.1, 0.15) is 0 Å². The number of carbonyl (C=O) groups is 2. The summed E-state index contributed by atoms with van der Waals surface area (Å²) in [7, 11) is 0. The van der Waals surface area contributed by atoms with Crippen molar-refractivity contribution < 1.29 is 19.8 Å². The predicted octanol–water partition coefficient (Wildman–Crippen LogP) is -1.32. The van der Waals surface area contributed by atoms with Gasteiger partial charge in [0.25, 0.3) is 0 Å². The number of hydrogen-bond donors (Lipinski definition) is 4. The number of carbonyl (C=O) groups excluding carboxylic acids is 1. The molecule has 0 bridgehead atoms. The molecule has 0 aliphatic heterocycles. The van der Waals surface area contributed by atoms with E-state index in [0.29, 0.717) is 6.54 Å². The van der Waals surface area contributed by atoms with E-state index >= 15 is 0 Å². The van der Waals surface area contributed by atoms with Crippen molar-refractivity contribution in [1.82, 2.24) is 5.32 Å². The summed E-state index contributed by atoms with van der Waals surface area (Å²) < 4.78 is 0. The lowest BCUT2D eigenvalue weighted by molar-refractivity contribution is -0.147. The lowest BCUT2D eigenvalue weighted by atomic mass is 10.1. The van der Waals surface area contributed by atoms with Gasteiger partial charge in [-0.3, -0.25) is 4.79 Å². The second-order valence-corrected chi connectivity index (χ2v) is 3.88. The molecule has 0 radical (unpaired) electrons. The Morgan fingerprint density at radius 3 is 2.47 bits per heavy atom. The van der Waals surface area contributed by atoms with Gasteiger partial charge in [0.15, 0.2) is 6.10 Å². The number of nitrogens with one attached hydrogen (secondary N) is 1. The van der Waals surface area contributed by atoms with Crippen LogP contribution in [0.15, 0.2) is 0 Å². The molecule has 0 spiro atoms. The Morgan fingerprint density at radius 1 is 1.47 bits per heavy atom. The molecule has 0 unspecified atom stereocenters. The SMILES string of the molecule is NCC1(C(=O)NCC[C@H](O)C(=O)O)CC1. The van der Waals surface area contributed by atoms with Crippen LogP contribution in [0.25, 0.3) is 0 Å². The first-order valence-corrected chi connectivity index (χ1v) is 4.91. The summed E-state index contributed by atoms with van der Waals surface area (Å²) in [5, 5.41) is 19.9. The molecule has 0 saturated heterocycles. The Morgan fingerprint density at radius 2 is 2.07 bits per heavy atom. The van der Waals surface area contributed by atoms with Crippen LogP contribution in [0.5, 0.6) is 0 Å². The van der Waals surface area contributed by atoms with Crippen LogP contribution >= 0.6 is 0 Å². The number of carboxylic acid groups (broad SMARTS) is 1. The quantitative estimate of drug-likeness (QED) is 0.439. The fraction of sp³-hybridized carbons (Fsp3) is 0.778. The first kappa shape index (κ1) is 11.9. The lowest BCUT2D eigenvalue weighted by Gasteiger charge is -2.13. The average molecular weight is 216 g/mol. The number of hydrogen-bond acceptors (Lipinski definition) is 4. The van der Waals surface area contributed by atoms with Gasteiger partial charge >= 0.3 is 5.97 Å². The standard InChI is InChI=1S/C9H16N2O4/c10-5-9(2-3-9)8(15)11-4-1-6(12)7(13)14/h6,12H,1-5,10H2,(H,11,15)(H,13,14)/t6-/m0/s1. The highest BCUT2D eigenvalue weighted by molar-refractivity contribution is 5.85. The zero-order valence-electron chi connectivity index (χ0n) is 8.40. The Bertz CT molecular complexity index is 263. The van der Waals surface area contributed by atoms with E-state index in [1.165, 1.54) is 0 Å². The Kier molecular flexibility index (Phi) is 3.65. The molecule has 1 atom stereocenters. The van der Waals surface area contributed by atoms with Crippen molar-refractivity contribution in [2.45, 2.75) is 25.4 Å². The van der Waals surface area contributed by atoms with Crippen molar-refractivity contribution >= 4 is 11.9 Å². The summed E-state index contributed by atoms with van der Waals surface area (Å²) in [6, 6.07) is 0. The van der Waals surface area contributed by atoms with Gasteiger partial charge in [-0.1, -0.05) is 0 Å². The summed E-state index contributed by atoms with van der Waals surface area (Å²) in [5.41, 5.74) is 5.02. The van der Waals surface area contributed by atoms with E-state index < -0.39 is 17.5 Å². The van der Waals surface area contributed by atoms with Gasteiger partial charge in [-0.05, 0) is 12.8 Å². The smallest absolute Gasteiger partial charge is 0.332 e. The number of carboxylic acids is 1. The third-order valence-electron chi connectivity index (χ3n) is 2.71. The Balaban J connectivity index is 2.21. The van der Waals surface area contributed by atoms with Crippen LogP contribution < -0.4 is 11.1 Å². The molecule has 1 amide bonds. The van der Waals surface area contributed by atoms with E-state index in [9.17, 15) is 9.59 Å². The Labute approximate surface area is 87.5 Å². The number of rotatable bonds is 6. The van der Waals surface area contributed by atoms with Crippen LogP contribution in [-0.2, 0) is 9.59 Å². The third-order valence-corrected chi connectivity index (χ3v) is 2.71. The molecule has 1 saturated carbocycles. The van der Waals surface area contributed by atoms with Gasteiger partial charge in [-0.15, -0.1) is 0 Å². The van der Waals surface area contributed by atoms with Crippen LogP contribution in [0.2, 0.25) is 0 Å². The first-order valence-electron chi connectivity index (χ1n) is 4.91. The number of nitrogens with two attached hydrogens (primary N) is 1. The van der Waals surface area contributed by atoms with Crippen molar-refractivity contribution in [2.24, 2.45) is 11.1 Å². The highest BCUT2D eigenvalue weighted by atomic mass is 16.4. The molecule has 1 fully saturated rings. The van der Waals surface area contributed by atoms with E-state index in [4.69, 9.17) is 15.9 Å². The Hall–Kier alpha value is -1.14. The molecule has 0 aromatic rings. The summed E-state index contributed by atoms with van der Waals surface area (Å²) in [6.45, 7) is 0.481. The van der Waals surface area contributed by atoms with E-state index in [-0.39, 0.29) is 18.9 Å². The van der Waals surface area contributed by atoms with Gasteiger partial charge in [0.05, 0.1) is 5.41 Å². The molecular formula is C9H16N2O4. The monoisotopic (exact) mass is 216 g/mol. The van der Waals surface area contributed by atoms with Crippen molar-refractivity contribution in [1.29, 1.82) is 0 Å². The van der Waals surface area contributed by atoms with Crippen LogP contribution in [-0.4, -0.2) is 41.3 Å². The van der Waals surface area contributed by atoms with Crippen molar-refractivity contribution in [3.8, 4) is 0 Å². The van der Waals surface area contributed by atoms with E-state index in [1.807, 2.05) is 0 Å². The minimum atomic E-state index is -1.42. The zero-order chi connectivity index (χ0) is 11.5. The summed E-state index contributed by atoms with van der Waals surface area (Å²) in [4.78, 5) is 21.7. The second-order valence-electron chi connectivity index (χ2n) is 3.88. The van der Waals surface area contributed by atoms with E-state index in [2.05, 4.69) is 5.32 Å². The minimum Gasteiger partial charge on any atom is -0.479 e. The molecule has 6 nitrogen and oxygen atoms in total. The normalized spacial score (nSPS) is 19.3. The summed E-state index contributed by atoms with van der Waals surface area (Å²) >= 11 is 0. The second kappa shape index (κ2) is 4.59. The molecule has 1 aliphatic rings. The highest BCUT2D eigenvalue weighted by Crippen LogP contribution is 2.44. The molecule has 5 N–H and O–H groups in total. The molecule has 0 aromatic heterocycles. The van der Waals surface area contributed by atoms with Crippen LogP contribution in [0, 0.1) is 5.41 Å². The number of aliphatic hydroxyl groups is 1. The first-order chi connectivity index (χ1) is 7.02. The van der Waals surface area contributed by atoms with Crippen molar-refractivity contribution in [3.63, 3.8) is 0 Å². The number of aliphatic hydroxyl groups excluding tert-OH is 1. The third kappa shape index (κ3) is 2.90. The number of aliphatic carboxylic acids is 1. The molecule has 1 rings (SSSR count). The van der Waals surface area contributed by atoms with E-state index in [1.54, 1.807) is 0 Å². The molecule has 1 aliphatic carbocycles. The predicted molar refractivity (Wildman–Crippen MR) is 52.0 cm³/mol. The van der Waals surface area contributed by atoms with Crippen molar-refractivity contribution in [3.05, 3.63) is 0 Å². The maximum absolute atomic E-state index is 11.5. The van der Waals surface area contributed by atoms with Crippen LogP contribution in [0.3, 0.4) is 0 Å². The maximum Gasteiger partial charge on any atom is 0.332 e. The molecule has 86 valence electrons. The number of amides is 1. The minimum absolute atomic E-state index is 0.0156. The molecular weight excluding hydrogens is 200 g/mol. The van der Waals surface area contributed by atoms with Crippen molar-refractivity contribution in [2.75, 3.05) is 13.1 Å². The highest BCUT2D eigenvalue weighted by Gasteiger charge is 2.48. The molecule has 0 heterocycles. The average Bonchev–Trinajstić information content (AvgIpc) is 2.97. The fourth-order valence-electron chi connectivity index (χ4n) is 1.31. The molecule has 15 heavy (non-hydrogen) atoms. The van der Waals surface area contributed by atoms with Crippen LogP contribution in [0.4, 0.5) is 0 Å². The largest absolute Gasteiger partial charge is 0.479 e. The van der Waals surface area contributed by atoms with Gasteiger partial charge in [0, 0.05) is 19.5 Å². The van der Waals surface area contributed by atoms with Gasteiger partial charge in [-0.2, -0.15) is 0 Å². The van der Waals surface area contributed by atoms with Gasteiger partial charge < -0.3 is 21.3 Å². The summed E-state index contributed by atoms with van der Waals surface area (Å²) in [5.74, 6) is -1.41. The zero-order valence-corrected chi connectivity index (χ0v) is 8.40. The van der Waals surface area contributed by atoms with E-state index in [0.717, 1.165) is 12.8 Å². The molecule has 6 heteroatoms. The van der Waals surface area contributed by atoms with Crippen LogP contribution in [0.1, 0.15) is 19.3 Å².